The van der Waals surface area contributed by atoms with E-state index in [4.69, 9.17) is 0 Å². The number of likely N-dealkylation sites (N-methyl/N-ethyl adjacent to an activating group) is 1. The van der Waals surface area contributed by atoms with Crippen molar-refractivity contribution in [2.24, 2.45) is 0 Å². The highest BCUT2D eigenvalue weighted by atomic mass is 15.1. The molecule has 1 aliphatic rings. The summed E-state index contributed by atoms with van der Waals surface area (Å²) in [7, 11) is 2.15. The second kappa shape index (κ2) is 5.08. The number of nitrogens with one attached hydrogen (secondary N) is 1. The lowest BCUT2D eigenvalue weighted by molar-refractivity contribution is 0.321. The summed E-state index contributed by atoms with van der Waals surface area (Å²) in [4.78, 5) is 6.93. The van der Waals surface area contributed by atoms with Crippen LogP contribution in [0.15, 0.2) is 30.6 Å². The number of rotatable bonds is 6. The van der Waals surface area contributed by atoms with Gasteiger partial charge in [0.05, 0.1) is 5.69 Å². The molecule has 1 fully saturated rings. The lowest BCUT2D eigenvalue weighted by atomic mass is 10.4. The van der Waals surface area contributed by atoms with Gasteiger partial charge in [-0.2, -0.15) is 0 Å². The summed E-state index contributed by atoms with van der Waals surface area (Å²) in [5.74, 6) is 0. The van der Waals surface area contributed by atoms with Crippen molar-refractivity contribution in [3.63, 3.8) is 0 Å². The van der Waals surface area contributed by atoms with E-state index in [1.165, 1.54) is 12.8 Å². The summed E-state index contributed by atoms with van der Waals surface area (Å²) in [5, 5.41) is 3.53. The maximum atomic E-state index is 4.61. The number of fused-ring (bicyclic) bond motifs is 1. The number of hydrogen-bond donors (Lipinski definition) is 1. The van der Waals surface area contributed by atoms with Crippen molar-refractivity contribution in [2.75, 3.05) is 20.1 Å². The van der Waals surface area contributed by atoms with Crippen molar-refractivity contribution in [3.05, 3.63) is 36.3 Å². The predicted octanol–water partition coefficient (Wildman–Crippen LogP) is 1.52. The molecule has 0 amide bonds. The van der Waals surface area contributed by atoms with Gasteiger partial charge in [-0.15, -0.1) is 0 Å². The Bertz CT molecular complexity index is 482. The molecule has 0 radical (unpaired) electrons. The van der Waals surface area contributed by atoms with Crippen LogP contribution in [0.25, 0.3) is 5.65 Å². The molecule has 0 aliphatic heterocycles. The highest BCUT2D eigenvalue weighted by Gasteiger charge is 2.19. The Morgan fingerprint density at radius 2 is 2.33 bits per heavy atom. The molecule has 2 aromatic heterocycles. The molecule has 18 heavy (non-hydrogen) atoms. The first-order valence-corrected chi connectivity index (χ1v) is 6.66. The first-order valence-electron chi connectivity index (χ1n) is 6.66. The van der Waals surface area contributed by atoms with Gasteiger partial charge >= 0.3 is 0 Å². The zero-order valence-corrected chi connectivity index (χ0v) is 10.8. The highest BCUT2D eigenvalue weighted by molar-refractivity contribution is 5.39. The molecule has 0 saturated heterocycles. The van der Waals surface area contributed by atoms with Gasteiger partial charge in [-0.1, -0.05) is 6.07 Å². The smallest absolute Gasteiger partial charge is 0.137 e. The largest absolute Gasteiger partial charge is 0.313 e. The average molecular weight is 244 g/mol. The second-order valence-electron chi connectivity index (χ2n) is 5.16. The van der Waals surface area contributed by atoms with Crippen molar-refractivity contribution in [2.45, 2.75) is 25.4 Å². The van der Waals surface area contributed by atoms with Crippen LogP contribution >= 0.6 is 0 Å². The molecule has 0 bridgehead atoms. The monoisotopic (exact) mass is 244 g/mol. The molecular formula is C14H20N4. The van der Waals surface area contributed by atoms with Crippen LogP contribution in [0.5, 0.6) is 0 Å². The fraction of sp³-hybridized carbons (Fsp3) is 0.500. The Kier molecular flexibility index (Phi) is 3.30. The van der Waals surface area contributed by atoms with Crippen LogP contribution in [0.3, 0.4) is 0 Å². The van der Waals surface area contributed by atoms with Crippen molar-refractivity contribution in [1.82, 2.24) is 19.6 Å². The molecule has 0 atom stereocenters. The van der Waals surface area contributed by atoms with Gasteiger partial charge in [0.15, 0.2) is 0 Å². The van der Waals surface area contributed by atoms with Crippen LogP contribution in [0.2, 0.25) is 0 Å². The van der Waals surface area contributed by atoms with Gasteiger partial charge in [-0.3, -0.25) is 4.90 Å². The zero-order valence-electron chi connectivity index (χ0n) is 10.8. The first-order chi connectivity index (χ1) is 8.81. The van der Waals surface area contributed by atoms with Crippen molar-refractivity contribution in [3.8, 4) is 0 Å². The third kappa shape index (κ3) is 2.89. The van der Waals surface area contributed by atoms with E-state index >= 15 is 0 Å². The Morgan fingerprint density at radius 1 is 1.44 bits per heavy atom. The number of pyridine rings is 1. The minimum Gasteiger partial charge on any atom is -0.313 e. The van der Waals surface area contributed by atoms with Crippen LogP contribution in [-0.2, 0) is 6.54 Å². The Hall–Kier alpha value is -1.39. The molecule has 0 spiro atoms. The number of nitrogens with zero attached hydrogens (tertiary/aromatic N) is 3. The standard InChI is InChI=1S/C14H20N4/c1-17(9-7-15-12-5-6-12)10-13-11-18-8-3-2-4-14(18)16-13/h2-4,8,11-12,15H,5-7,9-10H2,1H3. The van der Waals surface area contributed by atoms with Crippen LogP contribution < -0.4 is 5.32 Å². The molecule has 96 valence electrons. The molecule has 2 aromatic rings. The van der Waals surface area contributed by atoms with E-state index in [-0.39, 0.29) is 0 Å². The lowest BCUT2D eigenvalue weighted by Crippen LogP contribution is -2.30. The molecule has 1 N–H and O–H groups in total. The molecular weight excluding hydrogens is 224 g/mol. The second-order valence-corrected chi connectivity index (χ2v) is 5.16. The van der Waals surface area contributed by atoms with E-state index < -0.39 is 0 Å². The topological polar surface area (TPSA) is 32.6 Å². The number of aromatic nitrogens is 2. The van der Waals surface area contributed by atoms with Gasteiger partial charge in [0.25, 0.3) is 0 Å². The van der Waals surface area contributed by atoms with Gasteiger partial charge in [-0.25, -0.2) is 4.98 Å². The van der Waals surface area contributed by atoms with E-state index in [9.17, 15) is 0 Å². The SMILES string of the molecule is CN(CCNC1CC1)Cc1cn2ccccc2n1. The molecule has 2 heterocycles. The predicted molar refractivity (Wildman–Crippen MR) is 72.6 cm³/mol. The van der Waals surface area contributed by atoms with Crippen molar-refractivity contribution >= 4 is 5.65 Å². The van der Waals surface area contributed by atoms with Gasteiger partial charge < -0.3 is 9.72 Å². The summed E-state index contributed by atoms with van der Waals surface area (Å²) >= 11 is 0. The maximum Gasteiger partial charge on any atom is 0.137 e. The Labute approximate surface area is 108 Å². The third-order valence-corrected chi connectivity index (χ3v) is 3.35. The van der Waals surface area contributed by atoms with E-state index in [1.807, 2.05) is 24.4 Å². The quantitative estimate of drug-likeness (QED) is 0.836. The molecule has 4 nitrogen and oxygen atoms in total. The number of imidazole rings is 1. The van der Waals surface area contributed by atoms with Crippen molar-refractivity contribution < 1.29 is 0 Å². The van der Waals surface area contributed by atoms with E-state index in [2.05, 4.69) is 32.8 Å². The maximum absolute atomic E-state index is 4.61. The minimum atomic E-state index is 0.800. The van der Waals surface area contributed by atoms with Gasteiger partial charge in [0, 0.05) is 38.1 Å². The van der Waals surface area contributed by atoms with Crippen LogP contribution in [0, 0.1) is 0 Å². The Morgan fingerprint density at radius 3 is 3.11 bits per heavy atom. The van der Waals surface area contributed by atoms with E-state index in [0.29, 0.717) is 0 Å². The fourth-order valence-electron chi connectivity index (χ4n) is 2.17. The summed E-state index contributed by atoms with van der Waals surface area (Å²) in [6, 6.07) is 6.89. The lowest BCUT2D eigenvalue weighted by Gasteiger charge is -2.15. The summed E-state index contributed by atoms with van der Waals surface area (Å²) in [6.45, 7) is 3.06. The summed E-state index contributed by atoms with van der Waals surface area (Å²) in [6.07, 6.45) is 6.87. The third-order valence-electron chi connectivity index (χ3n) is 3.35. The molecule has 4 heteroatoms. The normalized spacial score (nSPS) is 15.7. The van der Waals surface area contributed by atoms with Crippen molar-refractivity contribution in [1.29, 1.82) is 0 Å². The van der Waals surface area contributed by atoms with Gasteiger partial charge in [0.1, 0.15) is 5.65 Å². The fourth-order valence-corrected chi connectivity index (χ4v) is 2.17. The molecule has 3 rings (SSSR count). The van der Waals surface area contributed by atoms with Gasteiger partial charge in [-0.05, 0) is 32.0 Å². The van der Waals surface area contributed by atoms with E-state index in [0.717, 1.165) is 37.0 Å². The zero-order chi connectivity index (χ0) is 12.4. The molecule has 1 aliphatic carbocycles. The van der Waals surface area contributed by atoms with Crippen LogP contribution in [0.1, 0.15) is 18.5 Å². The average Bonchev–Trinajstić information content (AvgIpc) is 3.08. The van der Waals surface area contributed by atoms with Gasteiger partial charge in [0.2, 0.25) is 0 Å². The molecule has 0 unspecified atom stereocenters. The highest BCUT2D eigenvalue weighted by Crippen LogP contribution is 2.18. The summed E-state index contributed by atoms with van der Waals surface area (Å²) in [5.41, 5.74) is 2.16. The minimum absolute atomic E-state index is 0.800. The summed E-state index contributed by atoms with van der Waals surface area (Å²) < 4.78 is 2.08. The van der Waals surface area contributed by atoms with Crippen LogP contribution in [-0.4, -0.2) is 40.5 Å². The van der Waals surface area contributed by atoms with Crippen LogP contribution in [0.4, 0.5) is 0 Å². The van der Waals surface area contributed by atoms with E-state index in [1.54, 1.807) is 0 Å². The first kappa shape index (κ1) is 11.7. The number of hydrogen-bond acceptors (Lipinski definition) is 3. The molecule has 0 aromatic carbocycles. The Balaban J connectivity index is 1.53. The molecule has 1 saturated carbocycles.